The van der Waals surface area contributed by atoms with Crippen molar-refractivity contribution in [3.8, 4) is 70.2 Å². The number of terminal acetylenes is 1. The number of carbonyl (C=O) groups is 4. The molecule has 28 heteroatoms. The first-order valence-electron chi connectivity index (χ1n) is 36.7. The van der Waals surface area contributed by atoms with E-state index in [1.54, 1.807) is 92.0 Å². The molecule has 0 bridgehead atoms. The zero-order valence-electron chi connectivity index (χ0n) is 64.4. The van der Waals surface area contributed by atoms with Crippen LogP contribution in [0.1, 0.15) is 196 Å². The maximum absolute atomic E-state index is 12.5. The van der Waals surface area contributed by atoms with E-state index in [-0.39, 0.29) is 30.1 Å². The van der Waals surface area contributed by atoms with Crippen LogP contribution in [0.4, 0.5) is 14.4 Å². The van der Waals surface area contributed by atoms with Crippen LogP contribution in [0.3, 0.4) is 0 Å². The highest BCUT2D eigenvalue weighted by molar-refractivity contribution is 9.10. The summed E-state index contributed by atoms with van der Waals surface area (Å²) in [6, 6.07) is 40.3. The third-order valence-corrected chi connectivity index (χ3v) is 18.1. The third-order valence-electron chi connectivity index (χ3n) is 17.1. The van der Waals surface area contributed by atoms with Gasteiger partial charge in [0.2, 0.25) is 35.1 Å². The van der Waals surface area contributed by atoms with Gasteiger partial charge in [-0.15, -0.1) is 6.42 Å². The van der Waals surface area contributed by atoms with Crippen LogP contribution < -0.4 is 5.73 Å². The first kappa shape index (κ1) is 85.0. The summed E-state index contributed by atoms with van der Waals surface area (Å²) in [5, 5.41) is 32.3. The second-order valence-corrected chi connectivity index (χ2v) is 31.0. The Kier molecular flexibility index (Phi) is 30.6. The number of ether oxygens (including phenoxy) is 3. The van der Waals surface area contributed by atoms with E-state index in [9.17, 15) is 19.2 Å². The van der Waals surface area contributed by atoms with Gasteiger partial charge in [0.25, 0.3) is 0 Å². The van der Waals surface area contributed by atoms with Crippen LogP contribution >= 0.6 is 31.9 Å². The Morgan fingerprint density at radius 1 is 0.460 bits per heavy atom. The molecule has 0 radical (unpaired) electrons. The van der Waals surface area contributed by atoms with Crippen LogP contribution in [0.15, 0.2) is 198 Å². The smallest absolute Gasteiger partial charge is 0.411 e. The summed E-state index contributed by atoms with van der Waals surface area (Å²) >= 11 is 6.68. The number of carboxylic acids is 1. The number of carboxylic acid groups (broad SMARTS) is 1. The van der Waals surface area contributed by atoms with E-state index in [4.69, 9.17) is 50.3 Å². The van der Waals surface area contributed by atoms with Gasteiger partial charge in [-0.25, -0.2) is 19.2 Å². The standard InChI is InChI=1S/C24H24N4O3.C20H17N3O.C17H20BrN3O3.C10H17NO4.C7H7BrN2O.C7H5N/c1-24(2,3)30-23(29)28-16-4-5-20(28)22-26-21(27-31-22)19-10-8-17(9-11-19)6-7-18-12-14-25-15-13-18;1-2-4-18(3-1)20-22-19(23-24-20)17-9-7-15(8-10-17)5-6-16-11-13-21-14-12-16;1-17(2,3)23-16(22)21-10-4-5-13(21)15-19-14(20-24-15)11-6-8-12(18)9-7-11;1-10(2,3)15-9(14)11-6-4-5-7(11)8(12)13;8-6-3-1-5(2-4-6)7(9)10-11;1-2-7-3-5-8-6-4-7/h8-15,20H,4-5,16H2,1-3H3;7-14,18H,1-4H2;6-9,13H,4-5,10H2,1-3H3;7H,4-6H2,1-3H3,(H,12,13);1-4,11H,(H2,9,10);1,3-6H. The summed E-state index contributed by atoms with van der Waals surface area (Å²) < 4.78 is 34.4. The lowest BCUT2D eigenvalue weighted by Crippen LogP contribution is -2.43. The monoisotopic (exact) mass is 1660 g/mol. The molecule has 14 rings (SSSR count). The highest BCUT2D eigenvalue weighted by Gasteiger charge is 2.39. The molecule has 9 heterocycles. The number of hydrogen-bond donors (Lipinski definition) is 3. The summed E-state index contributed by atoms with van der Waals surface area (Å²) in [5.74, 6) is 17.9. The zero-order chi connectivity index (χ0) is 81.1. The fourth-order valence-electron chi connectivity index (χ4n) is 11.6. The Morgan fingerprint density at radius 3 is 1.15 bits per heavy atom. The molecule has 4 fully saturated rings. The van der Waals surface area contributed by atoms with E-state index in [0.29, 0.717) is 66.8 Å². The molecular formula is C85H90Br2N14O12. The Morgan fingerprint density at radius 2 is 0.788 bits per heavy atom. The van der Waals surface area contributed by atoms with Gasteiger partial charge in [-0.2, -0.15) is 15.0 Å². The number of pyridine rings is 3. The van der Waals surface area contributed by atoms with Gasteiger partial charge < -0.3 is 43.8 Å². The van der Waals surface area contributed by atoms with Gasteiger partial charge in [-0.3, -0.25) is 29.7 Å². The largest absolute Gasteiger partial charge is 0.480 e. The lowest BCUT2D eigenvalue weighted by molar-refractivity contribution is -0.142. The Labute approximate surface area is 674 Å². The number of amidine groups is 1. The van der Waals surface area contributed by atoms with Crippen molar-refractivity contribution in [2.45, 2.75) is 167 Å². The van der Waals surface area contributed by atoms with E-state index in [2.05, 4.69) is 112 Å². The van der Waals surface area contributed by atoms with Crippen molar-refractivity contribution < 1.29 is 57.3 Å². The number of benzene rings is 4. The number of rotatable bonds is 8. The van der Waals surface area contributed by atoms with Crippen molar-refractivity contribution in [1.29, 1.82) is 0 Å². The van der Waals surface area contributed by atoms with Crippen molar-refractivity contribution in [1.82, 2.24) is 60.1 Å². The number of nitrogens with two attached hydrogens (primary N) is 1. The van der Waals surface area contributed by atoms with E-state index in [1.165, 1.54) is 17.7 Å². The van der Waals surface area contributed by atoms with Crippen molar-refractivity contribution >= 4 is 61.9 Å². The second-order valence-electron chi connectivity index (χ2n) is 29.2. The molecule has 4 aliphatic rings. The van der Waals surface area contributed by atoms with Gasteiger partial charge in [-0.05, 0) is 235 Å². The van der Waals surface area contributed by atoms with Crippen molar-refractivity contribution in [2.75, 3.05) is 19.6 Å². The molecule has 26 nitrogen and oxygen atoms in total. The normalized spacial score (nSPS) is 15.8. The number of nitrogens with zero attached hydrogens (tertiary/aromatic N) is 13. The summed E-state index contributed by atoms with van der Waals surface area (Å²) in [7, 11) is 0. The van der Waals surface area contributed by atoms with E-state index in [1.807, 2.05) is 151 Å². The molecule has 4 N–H and O–H groups in total. The minimum atomic E-state index is -0.960. The molecule has 3 unspecified atom stereocenters. The second kappa shape index (κ2) is 40.8. The van der Waals surface area contributed by atoms with Gasteiger partial charge in [0.15, 0.2) is 5.84 Å². The van der Waals surface area contributed by atoms with Crippen LogP contribution in [-0.2, 0) is 19.0 Å². The van der Waals surface area contributed by atoms with Gasteiger partial charge in [0.1, 0.15) is 34.9 Å². The molecule has 4 aromatic carbocycles. The summed E-state index contributed by atoms with van der Waals surface area (Å²) in [6.07, 6.45) is 23.5. The minimum absolute atomic E-state index is 0.123. The first-order valence-corrected chi connectivity index (χ1v) is 38.3. The van der Waals surface area contributed by atoms with Gasteiger partial charge in [-0.1, -0.05) is 107 Å². The van der Waals surface area contributed by atoms with Crippen molar-refractivity contribution in [3.63, 3.8) is 0 Å². The number of oxime groups is 1. The molecule has 3 amide bonds. The predicted molar refractivity (Wildman–Crippen MR) is 431 cm³/mol. The highest BCUT2D eigenvalue weighted by atomic mass is 79.9. The van der Waals surface area contributed by atoms with E-state index < -0.39 is 34.9 Å². The topological polar surface area (TPSA) is 340 Å². The number of hydrogen-bond acceptors (Lipinski definition) is 21. The average Bonchev–Trinajstić information content (AvgIpc) is 1.67. The fourth-order valence-corrected chi connectivity index (χ4v) is 12.2. The first-order chi connectivity index (χ1) is 54.1. The third kappa shape index (κ3) is 26.9. The SMILES string of the molecule is C#Cc1ccncc1.C(#Cc1ccc(-c2noc(C3CCCC3)n2)cc1)c1ccncc1.CC(C)(C)OC(=O)N1CCCC1C(=O)O.CC(C)(C)OC(=O)N1CCCC1c1nc(-c2ccc(Br)cc2)no1.CC(C)(C)OC(=O)N1CCCC1c1nc(-c2ccc(C#Cc3ccncc3)cc2)no1.N/C(=N\O)c1ccc(Br)cc1. The molecule has 1 aliphatic carbocycles. The quantitative estimate of drug-likeness (QED) is 0.0318. The summed E-state index contributed by atoms with van der Waals surface area (Å²) in [5.41, 5.74) is 11.6. The fraction of sp³-hybridized carbons (Fsp3) is 0.341. The predicted octanol–water partition coefficient (Wildman–Crippen LogP) is 17.4. The van der Waals surface area contributed by atoms with Crippen LogP contribution in [0.2, 0.25) is 0 Å². The summed E-state index contributed by atoms with van der Waals surface area (Å²) in [4.78, 5) is 77.3. The van der Waals surface area contributed by atoms with Gasteiger partial charge in [0.05, 0.1) is 0 Å². The molecule has 3 atom stereocenters. The van der Waals surface area contributed by atoms with Gasteiger partial charge in [0, 0.05) is 122 Å². The Bertz CT molecular complexity index is 4930. The maximum Gasteiger partial charge on any atom is 0.411 e. The van der Waals surface area contributed by atoms with Crippen LogP contribution in [-0.4, -0.2) is 143 Å². The lowest BCUT2D eigenvalue weighted by Gasteiger charge is -2.27. The summed E-state index contributed by atoms with van der Waals surface area (Å²) in [6.45, 7) is 18.1. The van der Waals surface area contributed by atoms with E-state index in [0.717, 1.165) is 104 Å². The molecule has 1 saturated carbocycles. The van der Waals surface area contributed by atoms with Crippen LogP contribution in [0.25, 0.3) is 34.2 Å². The highest BCUT2D eigenvalue weighted by Crippen LogP contribution is 2.37. The number of aromatic nitrogens is 9. The van der Waals surface area contributed by atoms with E-state index >= 15 is 0 Å². The molecule has 3 aliphatic heterocycles. The van der Waals surface area contributed by atoms with Gasteiger partial charge >= 0.3 is 24.2 Å². The zero-order valence-corrected chi connectivity index (χ0v) is 67.5. The number of halogens is 2. The number of amides is 3. The minimum Gasteiger partial charge on any atom is -0.480 e. The molecular weight excluding hydrogens is 1570 g/mol. The van der Waals surface area contributed by atoms with Crippen molar-refractivity contribution in [3.05, 3.63) is 231 Å². The number of carbonyl (C=O) groups excluding carboxylic acids is 3. The number of aliphatic carboxylic acids is 1. The maximum atomic E-state index is 12.5. The lowest BCUT2D eigenvalue weighted by atomic mass is 10.1. The molecule has 586 valence electrons. The Hall–Kier alpha value is -12.1. The van der Waals surface area contributed by atoms with Crippen LogP contribution in [0, 0.1) is 36.0 Å². The number of likely N-dealkylation sites (tertiary alicyclic amines) is 3. The molecule has 10 aromatic rings. The molecule has 0 spiro atoms. The molecule has 3 saturated heterocycles. The molecule has 6 aromatic heterocycles. The Balaban J connectivity index is 0.000000163. The van der Waals surface area contributed by atoms with Crippen LogP contribution in [0.5, 0.6) is 0 Å². The average molecular weight is 1660 g/mol. The van der Waals surface area contributed by atoms with Crippen molar-refractivity contribution in [2.24, 2.45) is 10.9 Å². The molecule has 113 heavy (non-hydrogen) atoms.